The molecule has 0 saturated carbocycles. The second-order valence-electron chi connectivity index (χ2n) is 6.48. The Morgan fingerprint density at radius 3 is 2.36 bits per heavy atom. The molecular weight excluding hydrogens is 321 g/mol. The minimum atomic E-state index is -0.578. The molecule has 1 aliphatic rings. The fraction of sp³-hybridized carbons (Fsp3) is 0.200. The molecule has 0 bridgehead atoms. The lowest BCUT2D eigenvalue weighted by Gasteiger charge is -2.20. The Morgan fingerprint density at radius 2 is 1.68 bits per heavy atom. The molecule has 1 aliphatic heterocycles. The molecule has 2 heterocycles. The van der Waals surface area contributed by atoms with Gasteiger partial charge in [-0.1, -0.05) is 12.1 Å². The largest absolute Gasteiger partial charge is 0.450 e. The summed E-state index contributed by atoms with van der Waals surface area (Å²) >= 11 is 0. The molecule has 1 atom stereocenters. The molecule has 0 fully saturated rings. The normalized spacial score (nSPS) is 16.6. The van der Waals surface area contributed by atoms with E-state index in [0.29, 0.717) is 22.1 Å². The smallest absolute Gasteiger partial charge is 0.290 e. The fourth-order valence-corrected chi connectivity index (χ4v) is 3.38. The molecule has 1 amide bonds. The van der Waals surface area contributed by atoms with Gasteiger partial charge in [-0.2, -0.15) is 0 Å². The summed E-state index contributed by atoms with van der Waals surface area (Å²) < 4.78 is 19.1. The van der Waals surface area contributed by atoms with Gasteiger partial charge in [0.25, 0.3) is 5.91 Å². The summed E-state index contributed by atoms with van der Waals surface area (Å²) in [6.45, 7) is 3.85. The molecule has 0 N–H and O–H groups in total. The molecule has 0 radical (unpaired) electrons. The first-order chi connectivity index (χ1) is 11.9. The van der Waals surface area contributed by atoms with Crippen LogP contribution in [0.2, 0.25) is 0 Å². The zero-order valence-electron chi connectivity index (χ0n) is 14.1. The zero-order valence-corrected chi connectivity index (χ0v) is 14.1. The summed E-state index contributed by atoms with van der Waals surface area (Å²) in [5.74, 6) is -0.647. The minimum absolute atomic E-state index is 0.0672. The maximum absolute atomic E-state index is 13.3. The van der Waals surface area contributed by atoms with Crippen molar-refractivity contribution in [3.63, 3.8) is 0 Å². The number of rotatable bonds is 1. The van der Waals surface area contributed by atoms with Crippen molar-refractivity contribution in [1.82, 2.24) is 4.90 Å². The van der Waals surface area contributed by atoms with Crippen LogP contribution in [0.5, 0.6) is 0 Å². The minimum Gasteiger partial charge on any atom is -0.450 e. The Balaban J connectivity index is 2.03. The van der Waals surface area contributed by atoms with Gasteiger partial charge >= 0.3 is 0 Å². The first kappa shape index (κ1) is 15.6. The van der Waals surface area contributed by atoms with E-state index in [0.717, 1.165) is 11.1 Å². The third-order valence-corrected chi connectivity index (χ3v) is 4.90. The van der Waals surface area contributed by atoms with Crippen LogP contribution in [-0.4, -0.2) is 17.9 Å². The lowest BCUT2D eigenvalue weighted by molar-refractivity contribution is 0.0771. The number of hydrogen-bond acceptors (Lipinski definition) is 3. The Hall–Kier alpha value is -2.95. The van der Waals surface area contributed by atoms with E-state index in [1.807, 2.05) is 13.8 Å². The van der Waals surface area contributed by atoms with E-state index in [1.165, 1.54) is 17.0 Å². The third-order valence-electron chi connectivity index (χ3n) is 4.90. The third kappa shape index (κ3) is 2.19. The van der Waals surface area contributed by atoms with Gasteiger partial charge in [0.05, 0.1) is 17.0 Å². The van der Waals surface area contributed by atoms with Gasteiger partial charge in [0.2, 0.25) is 5.76 Å². The van der Waals surface area contributed by atoms with Crippen LogP contribution in [0.4, 0.5) is 4.39 Å². The van der Waals surface area contributed by atoms with Crippen LogP contribution in [0.3, 0.4) is 0 Å². The monoisotopic (exact) mass is 337 g/mol. The van der Waals surface area contributed by atoms with Gasteiger partial charge in [-0.25, -0.2) is 4.39 Å². The molecule has 126 valence electrons. The highest BCUT2D eigenvalue weighted by Gasteiger charge is 2.40. The second-order valence-corrected chi connectivity index (χ2v) is 6.48. The first-order valence-corrected chi connectivity index (χ1v) is 7.99. The molecule has 5 heteroatoms. The number of amides is 1. The van der Waals surface area contributed by atoms with E-state index in [-0.39, 0.29) is 22.9 Å². The molecule has 0 aliphatic carbocycles. The number of aryl methyl sites for hydroxylation is 2. The van der Waals surface area contributed by atoms with Crippen LogP contribution in [0.1, 0.15) is 38.9 Å². The highest BCUT2D eigenvalue weighted by Crippen LogP contribution is 2.37. The summed E-state index contributed by atoms with van der Waals surface area (Å²) in [5, 5.41) is 0.456. The maximum Gasteiger partial charge on any atom is 0.290 e. The van der Waals surface area contributed by atoms with Crippen molar-refractivity contribution in [2.75, 3.05) is 7.05 Å². The molecule has 3 aromatic rings. The first-order valence-electron chi connectivity index (χ1n) is 7.99. The van der Waals surface area contributed by atoms with Gasteiger partial charge in [0.15, 0.2) is 5.43 Å². The van der Waals surface area contributed by atoms with E-state index in [2.05, 4.69) is 0 Å². The summed E-state index contributed by atoms with van der Waals surface area (Å²) in [5.41, 5.74) is 3.15. The van der Waals surface area contributed by atoms with Gasteiger partial charge in [-0.3, -0.25) is 9.59 Å². The molecule has 4 nitrogen and oxygen atoms in total. The molecule has 2 aromatic carbocycles. The van der Waals surface area contributed by atoms with E-state index in [4.69, 9.17) is 4.42 Å². The van der Waals surface area contributed by atoms with Crippen LogP contribution >= 0.6 is 0 Å². The molecule has 25 heavy (non-hydrogen) atoms. The molecule has 0 saturated heterocycles. The predicted octanol–water partition coefficient (Wildman–Crippen LogP) is 3.72. The number of halogens is 1. The van der Waals surface area contributed by atoms with Crippen LogP contribution < -0.4 is 5.43 Å². The van der Waals surface area contributed by atoms with Crippen molar-refractivity contribution in [2.24, 2.45) is 0 Å². The predicted molar refractivity (Wildman–Crippen MR) is 92.3 cm³/mol. The van der Waals surface area contributed by atoms with Crippen LogP contribution in [0.15, 0.2) is 45.6 Å². The van der Waals surface area contributed by atoms with E-state index in [1.54, 1.807) is 31.3 Å². The van der Waals surface area contributed by atoms with Gasteiger partial charge in [0, 0.05) is 7.05 Å². The Bertz CT molecular complexity index is 1080. The summed E-state index contributed by atoms with van der Waals surface area (Å²) in [6.07, 6.45) is 0. The van der Waals surface area contributed by atoms with Crippen molar-refractivity contribution in [1.29, 1.82) is 0 Å². The van der Waals surface area contributed by atoms with E-state index >= 15 is 0 Å². The average Bonchev–Trinajstić information content (AvgIpc) is 2.83. The fourth-order valence-electron chi connectivity index (χ4n) is 3.38. The summed E-state index contributed by atoms with van der Waals surface area (Å²) in [4.78, 5) is 27.2. The lowest BCUT2D eigenvalue weighted by Crippen LogP contribution is -2.25. The van der Waals surface area contributed by atoms with Crippen LogP contribution in [0.25, 0.3) is 11.0 Å². The highest BCUT2D eigenvalue weighted by atomic mass is 19.1. The van der Waals surface area contributed by atoms with Crippen LogP contribution in [0, 0.1) is 19.7 Å². The highest BCUT2D eigenvalue weighted by molar-refractivity contribution is 5.99. The maximum atomic E-state index is 13.3. The zero-order chi connectivity index (χ0) is 17.9. The van der Waals surface area contributed by atoms with E-state index < -0.39 is 6.04 Å². The SMILES string of the molecule is Cc1cc2oc3c(c(=O)c2cc1C)[C@H](c1ccc(F)cc1)N(C)C3=O. The molecule has 0 spiro atoms. The van der Waals surface area contributed by atoms with Crippen molar-refractivity contribution < 1.29 is 13.6 Å². The van der Waals surface area contributed by atoms with Gasteiger partial charge in [-0.05, 0) is 54.8 Å². The Labute approximate surface area is 143 Å². The summed E-state index contributed by atoms with van der Waals surface area (Å²) in [6, 6.07) is 8.81. The molecule has 4 rings (SSSR count). The van der Waals surface area contributed by atoms with Crippen molar-refractivity contribution in [3.8, 4) is 0 Å². The van der Waals surface area contributed by atoms with E-state index in [9.17, 15) is 14.0 Å². The molecule has 0 unspecified atom stereocenters. The average molecular weight is 337 g/mol. The summed E-state index contributed by atoms with van der Waals surface area (Å²) in [7, 11) is 1.62. The topological polar surface area (TPSA) is 50.5 Å². The standard InChI is InChI=1S/C20H16FNO3/c1-10-8-14-15(9-11(10)2)25-19-16(18(14)23)17(22(3)20(19)24)12-4-6-13(21)7-5-12/h4-9,17H,1-3H3/t17-/m0/s1. The quantitative estimate of drug-likeness (QED) is 0.680. The van der Waals surface area contributed by atoms with Crippen molar-refractivity contribution in [3.05, 3.63) is 80.5 Å². The van der Waals surface area contributed by atoms with Gasteiger partial charge in [-0.15, -0.1) is 0 Å². The number of nitrogens with zero attached hydrogens (tertiary/aromatic N) is 1. The Kier molecular flexibility index (Phi) is 3.29. The number of carbonyl (C=O) groups excluding carboxylic acids is 1. The molecular formula is C20H16FNO3. The van der Waals surface area contributed by atoms with Gasteiger partial charge < -0.3 is 9.32 Å². The number of fused-ring (bicyclic) bond motifs is 2. The second kappa shape index (κ2) is 5.28. The van der Waals surface area contributed by atoms with Crippen molar-refractivity contribution >= 4 is 16.9 Å². The number of carbonyl (C=O) groups is 1. The lowest BCUT2D eigenvalue weighted by atomic mass is 9.97. The van der Waals surface area contributed by atoms with Crippen molar-refractivity contribution in [2.45, 2.75) is 19.9 Å². The Morgan fingerprint density at radius 1 is 1.04 bits per heavy atom. The number of hydrogen-bond donors (Lipinski definition) is 0. The molecule has 1 aromatic heterocycles. The van der Waals surface area contributed by atoms with Gasteiger partial charge in [0.1, 0.15) is 11.4 Å². The van der Waals surface area contributed by atoms with Crippen LogP contribution in [-0.2, 0) is 0 Å². The number of benzene rings is 2.